The Morgan fingerprint density at radius 1 is 0.861 bits per heavy atom. The predicted octanol–water partition coefficient (Wildman–Crippen LogP) is 8.88. The second kappa shape index (κ2) is 11.8. The summed E-state index contributed by atoms with van der Waals surface area (Å²) in [5, 5.41) is 0. The van der Waals surface area contributed by atoms with Gasteiger partial charge < -0.3 is 4.90 Å². The normalized spacial score (nSPS) is 20.3. The highest BCUT2D eigenvalue weighted by Crippen LogP contribution is 2.56. The maximum Gasteiger partial charge on any atom is 0.0482 e. The summed E-state index contributed by atoms with van der Waals surface area (Å²) in [7, 11) is 2.22. The van der Waals surface area contributed by atoms with E-state index in [4.69, 9.17) is 0 Å². The summed E-state index contributed by atoms with van der Waals surface area (Å²) in [5.74, 6) is 1.85. The number of hydrogen-bond donors (Lipinski definition) is 0. The molecule has 0 aromatic heterocycles. The Hall–Kier alpha value is -3.06. The third-order valence-electron chi connectivity index (χ3n) is 8.58. The van der Waals surface area contributed by atoms with Crippen molar-refractivity contribution in [1.29, 1.82) is 0 Å². The fraction of sp³-hybridized carbons (Fsp3) is 0.371. The molecule has 3 aromatic carbocycles. The first-order chi connectivity index (χ1) is 17.5. The van der Waals surface area contributed by atoms with Crippen LogP contribution in [0.25, 0.3) is 0 Å². The first-order valence-corrected chi connectivity index (χ1v) is 13.7. The van der Waals surface area contributed by atoms with Crippen molar-refractivity contribution in [2.24, 2.45) is 17.8 Å². The number of benzene rings is 3. The molecule has 1 nitrogen and oxygen atoms in total. The fourth-order valence-corrected chi connectivity index (χ4v) is 6.82. The summed E-state index contributed by atoms with van der Waals surface area (Å²) in [6.07, 6.45) is 7.16. The molecule has 3 unspecified atom stereocenters. The smallest absolute Gasteiger partial charge is 0.0482 e. The zero-order valence-electron chi connectivity index (χ0n) is 22.7. The lowest BCUT2D eigenvalue weighted by atomic mass is 9.58. The molecular formula is C35H43N. The van der Waals surface area contributed by atoms with Crippen LogP contribution < -0.4 is 0 Å². The molecule has 1 aliphatic carbocycles. The summed E-state index contributed by atoms with van der Waals surface area (Å²) < 4.78 is 0. The van der Waals surface area contributed by atoms with Gasteiger partial charge in [0.25, 0.3) is 0 Å². The van der Waals surface area contributed by atoms with Crippen LogP contribution >= 0.6 is 0 Å². The summed E-state index contributed by atoms with van der Waals surface area (Å²) in [6.45, 7) is 12.1. The quantitative estimate of drug-likeness (QED) is 0.208. The van der Waals surface area contributed by atoms with Crippen molar-refractivity contribution in [3.63, 3.8) is 0 Å². The van der Waals surface area contributed by atoms with E-state index in [0.717, 1.165) is 12.2 Å². The number of nitrogens with zero attached hydrogens (tertiary/aromatic N) is 1. The molecule has 3 atom stereocenters. The second-order valence-corrected chi connectivity index (χ2v) is 10.7. The molecule has 0 aliphatic heterocycles. The Morgan fingerprint density at radius 2 is 1.33 bits per heavy atom. The van der Waals surface area contributed by atoms with Crippen LogP contribution in [0.1, 0.15) is 63.1 Å². The van der Waals surface area contributed by atoms with Gasteiger partial charge in [-0.2, -0.15) is 0 Å². The van der Waals surface area contributed by atoms with Crippen molar-refractivity contribution < 1.29 is 0 Å². The van der Waals surface area contributed by atoms with Crippen LogP contribution in [0, 0.1) is 17.8 Å². The highest BCUT2D eigenvalue weighted by molar-refractivity contribution is 5.52. The van der Waals surface area contributed by atoms with Crippen LogP contribution in [0.2, 0.25) is 0 Å². The minimum Gasteiger partial charge on any atom is -0.375 e. The Kier molecular flexibility index (Phi) is 8.52. The van der Waals surface area contributed by atoms with E-state index < -0.39 is 0 Å². The van der Waals surface area contributed by atoms with Crippen molar-refractivity contribution in [1.82, 2.24) is 4.90 Å². The van der Waals surface area contributed by atoms with Crippen molar-refractivity contribution in [2.75, 3.05) is 13.6 Å². The Labute approximate surface area is 219 Å². The van der Waals surface area contributed by atoms with E-state index in [1.165, 1.54) is 47.9 Å². The van der Waals surface area contributed by atoms with Crippen LogP contribution in [0.3, 0.4) is 0 Å². The first-order valence-electron chi connectivity index (χ1n) is 13.7. The van der Waals surface area contributed by atoms with Crippen LogP contribution in [-0.4, -0.2) is 18.5 Å². The molecule has 188 valence electrons. The summed E-state index contributed by atoms with van der Waals surface area (Å²) in [5.41, 5.74) is 6.48. The molecule has 1 saturated carbocycles. The van der Waals surface area contributed by atoms with E-state index >= 15 is 0 Å². The molecule has 3 aromatic rings. The van der Waals surface area contributed by atoms with Gasteiger partial charge in [-0.05, 0) is 66.7 Å². The van der Waals surface area contributed by atoms with Crippen LogP contribution in [0.15, 0.2) is 115 Å². The zero-order valence-corrected chi connectivity index (χ0v) is 22.7. The third kappa shape index (κ3) is 5.07. The third-order valence-corrected chi connectivity index (χ3v) is 8.58. The number of likely N-dealkylation sites (N-methyl/N-ethyl adjacent to an activating group) is 1. The van der Waals surface area contributed by atoms with Gasteiger partial charge in [0, 0.05) is 24.7 Å². The lowest BCUT2D eigenvalue weighted by Crippen LogP contribution is -2.40. The van der Waals surface area contributed by atoms with Gasteiger partial charge >= 0.3 is 0 Å². The molecule has 4 rings (SSSR count). The SMILES string of the molecule is C=C(/C(C)=C\C)N(C)CC1CC(CCC)C(C(c2ccccc2)(c2ccccc2)c2ccccc2)C1. The molecular weight excluding hydrogens is 434 g/mol. The average molecular weight is 478 g/mol. The van der Waals surface area contributed by atoms with Gasteiger partial charge in [0.05, 0.1) is 0 Å². The van der Waals surface area contributed by atoms with E-state index in [1.807, 2.05) is 0 Å². The first kappa shape index (κ1) is 26.0. The van der Waals surface area contributed by atoms with Gasteiger partial charge in [-0.15, -0.1) is 0 Å². The van der Waals surface area contributed by atoms with E-state index in [1.54, 1.807) is 0 Å². The largest absolute Gasteiger partial charge is 0.375 e. The molecule has 0 amide bonds. The lowest BCUT2D eigenvalue weighted by Gasteiger charge is -2.44. The van der Waals surface area contributed by atoms with Crippen LogP contribution in [0.4, 0.5) is 0 Å². The van der Waals surface area contributed by atoms with Crippen LogP contribution in [0.5, 0.6) is 0 Å². The van der Waals surface area contributed by atoms with Gasteiger partial charge in [-0.3, -0.25) is 0 Å². The summed E-state index contributed by atoms with van der Waals surface area (Å²) >= 11 is 0. The average Bonchev–Trinajstić information content (AvgIpc) is 3.32. The standard InChI is InChI=1S/C35H43N/c1-6-17-30-24-29(26-36(5)28(4)27(3)7-2)25-34(30)35(31-18-11-8-12-19-31,32-20-13-9-14-21-32)33-22-15-10-16-23-33/h7-16,18-23,29-30,34H,4,6,17,24-26H2,1-3,5H3/b27-7-. The number of rotatable bonds is 10. The minimum absolute atomic E-state index is 0.173. The molecule has 0 N–H and O–H groups in total. The summed E-state index contributed by atoms with van der Waals surface area (Å²) in [6, 6.07) is 33.9. The van der Waals surface area contributed by atoms with Gasteiger partial charge in [0.1, 0.15) is 0 Å². The van der Waals surface area contributed by atoms with Crippen molar-refractivity contribution in [2.45, 2.75) is 51.9 Å². The molecule has 0 heterocycles. The fourth-order valence-electron chi connectivity index (χ4n) is 6.82. The maximum absolute atomic E-state index is 4.39. The molecule has 0 saturated heterocycles. The summed E-state index contributed by atoms with van der Waals surface area (Å²) in [4.78, 5) is 2.39. The molecule has 36 heavy (non-hydrogen) atoms. The van der Waals surface area contributed by atoms with E-state index in [-0.39, 0.29) is 5.41 Å². The number of hydrogen-bond acceptors (Lipinski definition) is 1. The van der Waals surface area contributed by atoms with Gasteiger partial charge in [0.2, 0.25) is 0 Å². The van der Waals surface area contributed by atoms with E-state index in [0.29, 0.717) is 17.8 Å². The highest BCUT2D eigenvalue weighted by atomic mass is 15.1. The van der Waals surface area contributed by atoms with E-state index in [2.05, 4.69) is 136 Å². The monoisotopic (exact) mass is 477 g/mol. The molecule has 1 aliphatic rings. The van der Waals surface area contributed by atoms with Crippen molar-refractivity contribution in [3.8, 4) is 0 Å². The van der Waals surface area contributed by atoms with Gasteiger partial charge in [0.15, 0.2) is 0 Å². The Balaban J connectivity index is 1.84. The lowest BCUT2D eigenvalue weighted by molar-refractivity contribution is 0.270. The molecule has 1 fully saturated rings. The second-order valence-electron chi connectivity index (χ2n) is 10.7. The molecule has 1 heteroatoms. The highest BCUT2D eigenvalue weighted by Gasteiger charge is 2.50. The Morgan fingerprint density at radius 3 is 1.75 bits per heavy atom. The topological polar surface area (TPSA) is 3.24 Å². The van der Waals surface area contributed by atoms with Gasteiger partial charge in [-0.25, -0.2) is 0 Å². The molecule has 0 radical (unpaired) electrons. The van der Waals surface area contributed by atoms with Crippen LogP contribution in [-0.2, 0) is 5.41 Å². The van der Waals surface area contributed by atoms with Gasteiger partial charge in [-0.1, -0.05) is 123 Å². The van der Waals surface area contributed by atoms with Crippen molar-refractivity contribution in [3.05, 3.63) is 132 Å². The van der Waals surface area contributed by atoms with E-state index in [9.17, 15) is 0 Å². The molecule has 0 spiro atoms. The molecule has 0 bridgehead atoms. The van der Waals surface area contributed by atoms with Crippen molar-refractivity contribution >= 4 is 0 Å². The predicted molar refractivity (Wildman–Crippen MR) is 155 cm³/mol. The zero-order chi connectivity index (χ0) is 25.5. The Bertz CT molecular complexity index is 1030. The number of allylic oxidation sites excluding steroid dienone is 2. The minimum atomic E-state index is -0.173. The maximum atomic E-state index is 4.39.